The molecule has 0 unspecified atom stereocenters. The Bertz CT molecular complexity index is 961. The molecule has 2 aromatic rings. The van der Waals surface area contributed by atoms with Crippen molar-refractivity contribution in [2.45, 2.75) is 4.90 Å². The molecule has 150 valence electrons. The van der Waals surface area contributed by atoms with Crippen LogP contribution in [0.5, 0.6) is 5.75 Å². The summed E-state index contributed by atoms with van der Waals surface area (Å²) < 4.78 is 32.2. The second-order valence-electron chi connectivity index (χ2n) is 6.13. The van der Waals surface area contributed by atoms with Crippen molar-refractivity contribution in [3.63, 3.8) is 0 Å². The lowest BCUT2D eigenvalue weighted by molar-refractivity contribution is 0.268. The lowest BCUT2D eigenvalue weighted by Crippen LogP contribution is -2.51. The van der Waals surface area contributed by atoms with Gasteiger partial charge in [-0.25, -0.2) is 8.42 Å². The zero-order valence-corrected chi connectivity index (χ0v) is 18.2. The number of nitrogens with one attached hydrogen (secondary N) is 1. The number of benzene rings is 2. The molecule has 0 saturated carbocycles. The van der Waals surface area contributed by atoms with Gasteiger partial charge in [-0.05, 0) is 54.7 Å². The zero-order chi connectivity index (χ0) is 20.3. The van der Waals surface area contributed by atoms with E-state index in [-0.39, 0.29) is 4.90 Å². The molecule has 28 heavy (non-hydrogen) atoms. The van der Waals surface area contributed by atoms with E-state index in [1.54, 1.807) is 42.5 Å². The number of anilines is 1. The third-order valence-corrected chi connectivity index (χ3v) is 7.41. The van der Waals surface area contributed by atoms with Gasteiger partial charge in [0.1, 0.15) is 5.75 Å². The molecule has 1 heterocycles. The molecule has 0 amide bonds. The second-order valence-corrected chi connectivity index (χ2v) is 9.26. The fraction of sp³-hybridized carbons (Fsp3) is 0.278. The Balaban J connectivity index is 1.61. The number of rotatable bonds is 4. The van der Waals surface area contributed by atoms with E-state index in [0.717, 1.165) is 5.69 Å². The molecule has 0 bridgehead atoms. The zero-order valence-electron chi connectivity index (χ0n) is 15.1. The molecule has 6 nitrogen and oxygen atoms in total. The molecule has 10 heteroatoms. The minimum Gasteiger partial charge on any atom is -0.497 e. The maximum atomic E-state index is 12.8. The third-order valence-electron chi connectivity index (χ3n) is 4.39. The number of halogens is 2. The number of hydrogen-bond donors (Lipinski definition) is 1. The molecule has 0 aliphatic carbocycles. The van der Waals surface area contributed by atoms with E-state index < -0.39 is 10.0 Å². The first-order chi connectivity index (χ1) is 13.3. The van der Waals surface area contributed by atoms with Gasteiger partial charge in [0.15, 0.2) is 5.11 Å². The molecule has 2 aromatic carbocycles. The van der Waals surface area contributed by atoms with E-state index in [1.807, 2.05) is 4.90 Å². The van der Waals surface area contributed by atoms with Crippen molar-refractivity contribution in [2.75, 3.05) is 38.6 Å². The Morgan fingerprint density at radius 2 is 1.68 bits per heavy atom. The molecule has 1 aliphatic heterocycles. The molecular weight excluding hydrogens is 441 g/mol. The highest BCUT2D eigenvalue weighted by Gasteiger charge is 2.29. The summed E-state index contributed by atoms with van der Waals surface area (Å²) in [5, 5.41) is 4.53. The van der Waals surface area contributed by atoms with Crippen LogP contribution in [0.3, 0.4) is 0 Å². The quantitative estimate of drug-likeness (QED) is 0.703. The topological polar surface area (TPSA) is 61.9 Å². The molecule has 3 rings (SSSR count). The summed E-state index contributed by atoms with van der Waals surface area (Å²) in [4.78, 5) is 2.18. The van der Waals surface area contributed by atoms with E-state index in [0.29, 0.717) is 47.1 Å². The highest BCUT2D eigenvalue weighted by atomic mass is 35.5. The van der Waals surface area contributed by atoms with Gasteiger partial charge in [0.2, 0.25) is 10.0 Å². The molecule has 0 atom stereocenters. The predicted molar refractivity (Wildman–Crippen MR) is 116 cm³/mol. The van der Waals surface area contributed by atoms with Crippen molar-refractivity contribution in [1.82, 2.24) is 9.21 Å². The van der Waals surface area contributed by atoms with Crippen LogP contribution in [-0.2, 0) is 10.0 Å². The van der Waals surface area contributed by atoms with Gasteiger partial charge in [0, 0.05) is 31.9 Å². The van der Waals surface area contributed by atoms with Crippen LogP contribution in [0.25, 0.3) is 0 Å². The largest absolute Gasteiger partial charge is 0.497 e. The summed E-state index contributed by atoms with van der Waals surface area (Å²) in [6, 6.07) is 11.5. The van der Waals surface area contributed by atoms with Crippen molar-refractivity contribution in [2.24, 2.45) is 0 Å². The molecule has 1 aliphatic rings. The Morgan fingerprint density at radius 3 is 2.25 bits per heavy atom. The fourth-order valence-electron chi connectivity index (χ4n) is 2.80. The first-order valence-corrected chi connectivity index (χ1v) is 11.1. The summed E-state index contributed by atoms with van der Waals surface area (Å²) in [5.41, 5.74) is 0.729. The lowest BCUT2D eigenvalue weighted by Gasteiger charge is -2.35. The molecule has 1 saturated heterocycles. The van der Waals surface area contributed by atoms with Crippen LogP contribution < -0.4 is 10.1 Å². The van der Waals surface area contributed by atoms with E-state index >= 15 is 0 Å². The Morgan fingerprint density at radius 1 is 1.04 bits per heavy atom. The number of piperazine rings is 1. The highest BCUT2D eigenvalue weighted by Crippen LogP contribution is 2.25. The van der Waals surface area contributed by atoms with Crippen LogP contribution in [0, 0.1) is 0 Å². The van der Waals surface area contributed by atoms with Gasteiger partial charge in [-0.3, -0.25) is 0 Å². The van der Waals surface area contributed by atoms with Crippen LogP contribution in [0.2, 0.25) is 10.0 Å². The Hall–Kier alpha value is -1.58. The average molecular weight is 460 g/mol. The van der Waals surface area contributed by atoms with E-state index in [1.165, 1.54) is 11.4 Å². The van der Waals surface area contributed by atoms with Gasteiger partial charge in [0.05, 0.1) is 22.1 Å². The lowest BCUT2D eigenvalue weighted by atomic mass is 10.3. The molecule has 0 aromatic heterocycles. The SMILES string of the molecule is COc1ccc(S(=O)(=O)N2CCN(C(=S)Nc3ccc(Cl)c(Cl)c3)CC2)cc1. The fourth-order valence-corrected chi connectivity index (χ4v) is 4.83. The van der Waals surface area contributed by atoms with E-state index in [2.05, 4.69) is 5.32 Å². The molecule has 0 spiro atoms. The second kappa shape index (κ2) is 8.84. The Labute approximate surface area is 180 Å². The summed E-state index contributed by atoms with van der Waals surface area (Å²) in [6.07, 6.45) is 0. The molecular formula is C18H19Cl2N3O3S2. The normalized spacial score (nSPS) is 15.3. The van der Waals surface area contributed by atoms with Gasteiger partial charge in [0.25, 0.3) is 0 Å². The number of thiocarbonyl (C=S) groups is 1. The van der Waals surface area contributed by atoms with E-state index in [4.69, 9.17) is 40.2 Å². The maximum absolute atomic E-state index is 12.8. The minimum atomic E-state index is -3.55. The number of sulfonamides is 1. The van der Waals surface area contributed by atoms with Crippen LogP contribution in [0.15, 0.2) is 47.4 Å². The van der Waals surface area contributed by atoms with Crippen molar-refractivity contribution >= 4 is 56.2 Å². The van der Waals surface area contributed by atoms with Crippen molar-refractivity contribution in [3.05, 3.63) is 52.5 Å². The number of ether oxygens (including phenoxy) is 1. The van der Waals surface area contributed by atoms with E-state index in [9.17, 15) is 8.42 Å². The maximum Gasteiger partial charge on any atom is 0.243 e. The average Bonchev–Trinajstić information content (AvgIpc) is 2.71. The van der Waals surface area contributed by atoms with Crippen LogP contribution in [0.1, 0.15) is 0 Å². The number of methoxy groups -OCH3 is 1. The van der Waals surface area contributed by atoms with Crippen LogP contribution in [-0.4, -0.2) is 56.0 Å². The molecule has 0 radical (unpaired) electrons. The van der Waals surface area contributed by atoms with Crippen molar-refractivity contribution in [1.29, 1.82) is 0 Å². The van der Waals surface area contributed by atoms with Gasteiger partial charge in [-0.1, -0.05) is 23.2 Å². The molecule has 1 fully saturated rings. The monoisotopic (exact) mass is 459 g/mol. The van der Waals surface area contributed by atoms with Crippen molar-refractivity contribution < 1.29 is 13.2 Å². The van der Waals surface area contributed by atoms with Gasteiger partial charge < -0.3 is 15.0 Å². The van der Waals surface area contributed by atoms with Gasteiger partial charge >= 0.3 is 0 Å². The third kappa shape index (κ3) is 4.69. The van der Waals surface area contributed by atoms with Gasteiger partial charge in [-0.15, -0.1) is 0 Å². The summed E-state index contributed by atoms with van der Waals surface area (Å²) in [6.45, 7) is 1.67. The predicted octanol–water partition coefficient (Wildman–Crippen LogP) is 3.71. The first kappa shape index (κ1) is 21.1. The Kier molecular flexibility index (Phi) is 6.67. The molecule has 1 N–H and O–H groups in total. The first-order valence-electron chi connectivity index (χ1n) is 8.46. The standard InChI is InChI=1S/C18H19Cl2N3O3S2/c1-26-14-3-5-15(6-4-14)28(24,25)23-10-8-22(9-11-23)18(27)21-13-2-7-16(19)17(20)12-13/h2-7,12H,8-11H2,1H3,(H,21,27). The van der Waals surface area contributed by atoms with Crippen molar-refractivity contribution in [3.8, 4) is 5.75 Å². The number of hydrogen-bond acceptors (Lipinski definition) is 4. The summed E-state index contributed by atoms with van der Waals surface area (Å²) >= 11 is 17.4. The number of nitrogens with zero attached hydrogens (tertiary/aromatic N) is 2. The highest BCUT2D eigenvalue weighted by molar-refractivity contribution is 7.89. The van der Waals surface area contributed by atoms with Crippen LogP contribution in [0.4, 0.5) is 5.69 Å². The van der Waals surface area contributed by atoms with Gasteiger partial charge in [-0.2, -0.15) is 4.31 Å². The summed E-state index contributed by atoms with van der Waals surface area (Å²) in [5.74, 6) is 0.613. The minimum absolute atomic E-state index is 0.248. The summed E-state index contributed by atoms with van der Waals surface area (Å²) in [7, 11) is -2.01. The smallest absolute Gasteiger partial charge is 0.243 e. The van der Waals surface area contributed by atoms with Crippen LogP contribution >= 0.6 is 35.4 Å².